The van der Waals surface area contributed by atoms with Crippen LogP contribution in [0.5, 0.6) is 11.5 Å². The highest BCUT2D eigenvalue weighted by atomic mass is 35.5. The number of fused-ring (bicyclic) bond motifs is 2. The number of aromatic nitrogens is 1. The zero-order valence-electron chi connectivity index (χ0n) is 20.6. The average molecular weight is 547 g/mol. The lowest BCUT2D eigenvalue weighted by atomic mass is 9.94. The number of rotatable bonds is 5. The highest BCUT2D eigenvalue weighted by molar-refractivity contribution is 7.22. The second-order valence-corrected chi connectivity index (χ2v) is 10.7. The van der Waals surface area contributed by atoms with Crippen molar-refractivity contribution in [2.45, 2.75) is 32.4 Å². The van der Waals surface area contributed by atoms with Gasteiger partial charge in [0, 0.05) is 17.0 Å². The predicted molar refractivity (Wildman–Crippen MR) is 147 cm³/mol. The zero-order valence-corrected chi connectivity index (χ0v) is 22.2. The monoisotopic (exact) mass is 546 g/mol. The number of halogens is 1. The molecule has 2 atom stereocenters. The van der Waals surface area contributed by atoms with Gasteiger partial charge in [0.05, 0.1) is 28.4 Å². The number of aliphatic hydroxyl groups is 1. The minimum absolute atomic E-state index is 0.00662. The molecule has 0 spiro atoms. The maximum absolute atomic E-state index is 13.5. The maximum atomic E-state index is 13.5. The standard InChI is InChI=1S/C29H23ClN2O5S/c1-3-36-20-6-4-5-16(13-20)25-24(26(33)17-7-10-22-18(12-17)11-15(2)37-22)27(34)28(35)32(25)29-31-21-9-8-19(30)14-23(21)38-29/h4-10,12-15,25,33H,3,11H2,1-2H3. The molecule has 6 rings (SSSR count). The molecule has 7 nitrogen and oxygen atoms in total. The summed E-state index contributed by atoms with van der Waals surface area (Å²) in [7, 11) is 0. The summed E-state index contributed by atoms with van der Waals surface area (Å²) in [5, 5.41) is 12.4. The minimum atomic E-state index is -0.908. The van der Waals surface area contributed by atoms with Crippen LogP contribution in [-0.2, 0) is 16.0 Å². The van der Waals surface area contributed by atoms with E-state index in [9.17, 15) is 14.7 Å². The van der Waals surface area contributed by atoms with Gasteiger partial charge in [-0.1, -0.05) is 35.1 Å². The number of amides is 1. The second-order valence-electron chi connectivity index (χ2n) is 9.24. The molecule has 1 fully saturated rings. The molecule has 2 aliphatic heterocycles. The van der Waals surface area contributed by atoms with E-state index in [1.54, 1.807) is 48.5 Å². The Morgan fingerprint density at radius 1 is 1.18 bits per heavy atom. The third-order valence-electron chi connectivity index (χ3n) is 6.64. The van der Waals surface area contributed by atoms with Crippen molar-refractivity contribution in [3.05, 3.63) is 87.9 Å². The van der Waals surface area contributed by atoms with E-state index in [4.69, 9.17) is 21.1 Å². The molecule has 3 heterocycles. The van der Waals surface area contributed by atoms with Crippen LogP contribution in [-0.4, -0.2) is 34.5 Å². The van der Waals surface area contributed by atoms with Gasteiger partial charge in [0.15, 0.2) is 5.13 Å². The largest absolute Gasteiger partial charge is 0.507 e. The van der Waals surface area contributed by atoms with E-state index in [2.05, 4.69) is 4.98 Å². The van der Waals surface area contributed by atoms with Crippen LogP contribution >= 0.6 is 22.9 Å². The van der Waals surface area contributed by atoms with Gasteiger partial charge < -0.3 is 14.6 Å². The van der Waals surface area contributed by atoms with Crippen molar-refractivity contribution in [1.82, 2.24) is 4.98 Å². The second kappa shape index (κ2) is 9.45. The van der Waals surface area contributed by atoms with E-state index >= 15 is 0 Å². The van der Waals surface area contributed by atoms with Crippen LogP contribution in [0, 0.1) is 0 Å². The van der Waals surface area contributed by atoms with E-state index < -0.39 is 17.7 Å². The summed E-state index contributed by atoms with van der Waals surface area (Å²) in [4.78, 5) is 33.1. The fourth-order valence-electron chi connectivity index (χ4n) is 5.00. The number of Topliss-reactive ketones (excluding diaryl/α,β-unsaturated/α-hetero) is 1. The molecule has 9 heteroatoms. The van der Waals surface area contributed by atoms with Gasteiger partial charge in [0.2, 0.25) is 0 Å². The molecule has 3 aromatic carbocycles. The molecule has 0 radical (unpaired) electrons. The number of hydrogen-bond donors (Lipinski definition) is 1. The summed E-state index contributed by atoms with van der Waals surface area (Å²) in [5.74, 6) is -0.443. The summed E-state index contributed by atoms with van der Waals surface area (Å²) in [6.07, 6.45) is 0.723. The molecule has 1 amide bonds. The number of aliphatic hydroxyl groups excluding tert-OH is 1. The van der Waals surface area contributed by atoms with Crippen LogP contribution in [0.3, 0.4) is 0 Å². The lowest BCUT2D eigenvalue weighted by Crippen LogP contribution is -2.29. The number of ether oxygens (including phenoxy) is 2. The number of carbonyl (C=O) groups is 2. The molecule has 0 aliphatic carbocycles. The van der Waals surface area contributed by atoms with Gasteiger partial charge in [-0.3, -0.25) is 14.5 Å². The quantitative estimate of drug-likeness (QED) is 0.179. The normalized spacial score (nSPS) is 20.1. The minimum Gasteiger partial charge on any atom is -0.507 e. The van der Waals surface area contributed by atoms with Crippen molar-refractivity contribution < 1.29 is 24.2 Å². The first-order valence-electron chi connectivity index (χ1n) is 12.2. The third kappa shape index (κ3) is 4.10. The van der Waals surface area contributed by atoms with E-state index in [0.29, 0.717) is 45.6 Å². The fourth-order valence-corrected chi connectivity index (χ4v) is 6.27. The SMILES string of the molecule is CCOc1cccc(C2C(=C(O)c3ccc4c(c3)CC(C)O4)C(=O)C(=O)N2c2nc3ccc(Cl)cc3s2)c1. The lowest BCUT2D eigenvalue weighted by molar-refractivity contribution is -0.132. The average Bonchev–Trinajstić information content (AvgIpc) is 3.56. The number of nitrogens with zero attached hydrogens (tertiary/aromatic N) is 2. The van der Waals surface area contributed by atoms with Crippen LogP contribution < -0.4 is 14.4 Å². The Bertz CT molecular complexity index is 1650. The summed E-state index contributed by atoms with van der Waals surface area (Å²) in [6, 6.07) is 16.9. The molecule has 4 aromatic rings. The van der Waals surface area contributed by atoms with Crippen LogP contribution in [0.15, 0.2) is 66.2 Å². The van der Waals surface area contributed by atoms with Gasteiger partial charge in [0.25, 0.3) is 5.78 Å². The fraction of sp³-hybridized carbons (Fsp3) is 0.207. The van der Waals surface area contributed by atoms with E-state index in [-0.39, 0.29) is 17.4 Å². The zero-order chi connectivity index (χ0) is 26.6. The van der Waals surface area contributed by atoms with E-state index in [0.717, 1.165) is 16.0 Å². The summed E-state index contributed by atoms with van der Waals surface area (Å²) >= 11 is 7.43. The first-order valence-corrected chi connectivity index (χ1v) is 13.4. The van der Waals surface area contributed by atoms with Crippen molar-refractivity contribution in [3.63, 3.8) is 0 Å². The van der Waals surface area contributed by atoms with E-state index in [1.807, 2.05) is 26.0 Å². The first-order chi connectivity index (χ1) is 18.3. The highest BCUT2D eigenvalue weighted by Crippen LogP contribution is 2.45. The van der Waals surface area contributed by atoms with Gasteiger partial charge >= 0.3 is 5.91 Å². The molecule has 0 saturated carbocycles. The van der Waals surface area contributed by atoms with Gasteiger partial charge in [0.1, 0.15) is 23.4 Å². The Hall–Kier alpha value is -3.88. The number of hydrogen-bond acceptors (Lipinski definition) is 7. The molecule has 2 aliphatic rings. The van der Waals surface area contributed by atoms with Crippen molar-refractivity contribution in [3.8, 4) is 11.5 Å². The molecule has 2 unspecified atom stereocenters. The topological polar surface area (TPSA) is 89.0 Å². The van der Waals surface area contributed by atoms with Gasteiger partial charge in [-0.2, -0.15) is 0 Å². The van der Waals surface area contributed by atoms with Gasteiger partial charge in [-0.05, 0) is 73.5 Å². The van der Waals surface area contributed by atoms with Crippen molar-refractivity contribution in [2.24, 2.45) is 0 Å². The highest BCUT2D eigenvalue weighted by Gasteiger charge is 2.48. The summed E-state index contributed by atoms with van der Waals surface area (Å²) in [6.45, 7) is 4.31. The number of thiazole rings is 1. The Morgan fingerprint density at radius 3 is 2.84 bits per heavy atom. The number of carbonyl (C=O) groups excluding carboxylic acids is 2. The van der Waals surface area contributed by atoms with Crippen molar-refractivity contribution in [2.75, 3.05) is 11.5 Å². The smallest absolute Gasteiger partial charge is 0.301 e. The van der Waals surface area contributed by atoms with Crippen molar-refractivity contribution >= 4 is 55.7 Å². The van der Waals surface area contributed by atoms with Crippen LogP contribution in [0.4, 0.5) is 5.13 Å². The molecule has 1 saturated heterocycles. The number of benzene rings is 3. The van der Waals surface area contributed by atoms with Crippen LogP contribution in [0.25, 0.3) is 16.0 Å². The molecule has 1 N–H and O–H groups in total. The van der Waals surface area contributed by atoms with Crippen molar-refractivity contribution in [1.29, 1.82) is 0 Å². The Morgan fingerprint density at radius 2 is 2.03 bits per heavy atom. The number of ketones is 1. The van der Waals surface area contributed by atoms with Crippen LogP contribution in [0.2, 0.25) is 5.02 Å². The first kappa shape index (κ1) is 24.5. The molecular weight excluding hydrogens is 524 g/mol. The summed E-state index contributed by atoms with van der Waals surface area (Å²) < 4.78 is 12.3. The maximum Gasteiger partial charge on any atom is 0.301 e. The predicted octanol–water partition coefficient (Wildman–Crippen LogP) is 6.30. The molecule has 0 bridgehead atoms. The third-order valence-corrected chi connectivity index (χ3v) is 7.90. The molecule has 192 valence electrons. The van der Waals surface area contributed by atoms with E-state index in [1.165, 1.54) is 16.2 Å². The molecule has 38 heavy (non-hydrogen) atoms. The molecular formula is C29H23ClN2O5S. The van der Waals surface area contributed by atoms with Crippen LogP contribution in [0.1, 0.15) is 36.6 Å². The Balaban J connectivity index is 1.54. The van der Waals surface area contributed by atoms with Gasteiger partial charge in [-0.25, -0.2) is 4.98 Å². The summed E-state index contributed by atoms with van der Waals surface area (Å²) in [5.41, 5.74) is 2.65. The number of anilines is 1. The van der Waals surface area contributed by atoms with Gasteiger partial charge in [-0.15, -0.1) is 0 Å². The lowest BCUT2D eigenvalue weighted by Gasteiger charge is -2.23. The Labute approximate surface area is 227 Å². The Kier molecular flexibility index (Phi) is 6.08. The molecule has 1 aromatic heterocycles.